The van der Waals surface area contributed by atoms with E-state index < -0.39 is 0 Å². The quantitative estimate of drug-likeness (QED) is 0.666. The topological polar surface area (TPSA) is 24.1 Å². The highest BCUT2D eigenvalue weighted by Gasteiger charge is 2.09. The second-order valence-corrected chi connectivity index (χ2v) is 6.24. The molecule has 0 aliphatic carbocycles. The summed E-state index contributed by atoms with van der Waals surface area (Å²) < 4.78 is 0. The van der Waals surface area contributed by atoms with Crippen molar-refractivity contribution in [2.75, 3.05) is 19.6 Å². The fourth-order valence-corrected chi connectivity index (χ4v) is 1.11. The highest BCUT2D eigenvalue weighted by Crippen LogP contribution is 2.16. The molecule has 0 amide bonds. The molecule has 2 heteroatoms. The summed E-state index contributed by atoms with van der Waals surface area (Å²) in [7, 11) is 0. The van der Waals surface area contributed by atoms with Gasteiger partial charge in [-0.3, -0.25) is 0 Å². The molecule has 0 rings (SSSR count). The van der Waals surface area contributed by atoms with Crippen LogP contribution in [-0.4, -0.2) is 25.2 Å². The van der Waals surface area contributed by atoms with Gasteiger partial charge in [0.05, 0.1) is 0 Å². The number of rotatable bonds is 5. The molecule has 0 heterocycles. The molecule has 0 atom stereocenters. The molecule has 2 N–H and O–H groups in total. The monoisotopic (exact) mass is 200 g/mol. The van der Waals surface area contributed by atoms with E-state index in [1.54, 1.807) is 0 Å². The molecule has 0 saturated heterocycles. The van der Waals surface area contributed by atoms with E-state index in [0.717, 1.165) is 19.6 Å². The Morgan fingerprint density at radius 1 is 0.786 bits per heavy atom. The van der Waals surface area contributed by atoms with Gasteiger partial charge < -0.3 is 10.6 Å². The van der Waals surface area contributed by atoms with Crippen LogP contribution in [0.15, 0.2) is 0 Å². The Bertz CT molecular complexity index is 121. The highest BCUT2D eigenvalue weighted by molar-refractivity contribution is 4.70. The maximum Gasteiger partial charge on any atom is 0.00970 e. The van der Waals surface area contributed by atoms with Gasteiger partial charge in [0.15, 0.2) is 0 Å². The zero-order valence-corrected chi connectivity index (χ0v) is 10.8. The molecule has 0 aliphatic heterocycles. The maximum absolute atomic E-state index is 3.46. The second kappa shape index (κ2) is 5.72. The standard InChI is InChI=1S/C12H28N2/c1-11(2,3)7-8-13-9-10-14-12(4,5)6/h13-14H,7-10H2,1-6H3. The Kier molecular flexibility index (Phi) is 5.68. The van der Waals surface area contributed by atoms with Gasteiger partial charge in [0.1, 0.15) is 0 Å². The Labute approximate surface area is 89.9 Å². The molecular weight excluding hydrogens is 172 g/mol. The third-order valence-corrected chi connectivity index (χ3v) is 2.01. The van der Waals surface area contributed by atoms with Gasteiger partial charge >= 0.3 is 0 Å². The first kappa shape index (κ1) is 13.9. The third-order valence-electron chi connectivity index (χ3n) is 2.01. The first-order valence-corrected chi connectivity index (χ1v) is 5.66. The van der Waals surface area contributed by atoms with E-state index in [1.807, 2.05) is 0 Å². The average Bonchev–Trinajstić information content (AvgIpc) is 1.92. The van der Waals surface area contributed by atoms with Crippen LogP contribution in [0.4, 0.5) is 0 Å². The van der Waals surface area contributed by atoms with Gasteiger partial charge in [-0.05, 0) is 39.2 Å². The van der Waals surface area contributed by atoms with Crippen molar-refractivity contribution in [1.82, 2.24) is 10.6 Å². The molecule has 0 bridgehead atoms. The van der Waals surface area contributed by atoms with Crippen LogP contribution in [0.3, 0.4) is 0 Å². The number of nitrogens with one attached hydrogen (secondary N) is 2. The van der Waals surface area contributed by atoms with Crippen molar-refractivity contribution < 1.29 is 0 Å². The number of hydrogen-bond acceptors (Lipinski definition) is 2. The van der Waals surface area contributed by atoms with E-state index in [2.05, 4.69) is 52.2 Å². The largest absolute Gasteiger partial charge is 0.315 e. The van der Waals surface area contributed by atoms with Crippen LogP contribution < -0.4 is 10.6 Å². The zero-order valence-electron chi connectivity index (χ0n) is 10.8. The summed E-state index contributed by atoms with van der Waals surface area (Å²) in [6.45, 7) is 16.7. The lowest BCUT2D eigenvalue weighted by Gasteiger charge is -2.21. The van der Waals surface area contributed by atoms with Crippen LogP contribution in [0, 0.1) is 5.41 Å². The van der Waals surface area contributed by atoms with Crippen molar-refractivity contribution >= 4 is 0 Å². The molecule has 0 aliphatic rings. The fourth-order valence-electron chi connectivity index (χ4n) is 1.11. The molecule has 0 spiro atoms. The Morgan fingerprint density at radius 2 is 1.36 bits per heavy atom. The van der Waals surface area contributed by atoms with E-state index in [4.69, 9.17) is 0 Å². The lowest BCUT2D eigenvalue weighted by atomic mass is 9.92. The predicted molar refractivity (Wildman–Crippen MR) is 64.7 cm³/mol. The molecule has 0 aromatic heterocycles. The lowest BCUT2D eigenvalue weighted by molar-refractivity contribution is 0.361. The minimum Gasteiger partial charge on any atom is -0.315 e. The van der Waals surface area contributed by atoms with E-state index >= 15 is 0 Å². The third kappa shape index (κ3) is 11.9. The van der Waals surface area contributed by atoms with Gasteiger partial charge in [0.25, 0.3) is 0 Å². The molecule has 0 saturated carbocycles. The summed E-state index contributed by atoms with van der Waals surface area (Å²) in [5.74, 6) is 0. The van der Waals surface area contributed by atoms with Gasteiger partial charge in [-0.1, -0.05) is 20.8 Å². The summed E-state index contributed by atoms with van der Waals surface area (Å²) in [4.78, 5) is 0. The van der Waals surface area contributed by atoms with Crippen molar-refractivity contribution in [2.45, 2.75) is 53.5 Å². The molecule has 0 aromatic rings. The average molecular weight is 200 g/mol. The van der Waals surface area contributed by atoms with Crippen LogP contribution in [0.25, 0.3) is 0 Å². The Balaban J connectivity index is 3.23. The van der Waals surface area contributed by atoms with Crippen molar-refractivity contribution in [3.8, 4) is 0 Å². The Morgan fingerprint density at radius 3 is 1.79 bits per heavy atom. The lowest BCUT2D eigenvalue weighted by Crippen LogP contribution is -2.40. The van der Waals surface area contributed by atoms with Gasteiger partial charge in [0, 0.05) is 18.6 Å². The van der Waals surface area contributed by atoms with Crippen molar-refractivity contribution in [3.05, 3.63) is 0 Å². The zero-order chi connectivity index (χ0) is 11.2. The summed E-state index contributed by atoms with van der Waals surface area (Å²) in [6, 6.07) is 0. The summed E-state index contributed by atoms with van der Waals surface area (Å²) in [5, 5.41) is 6.91. The van der Waals surface area contributed by atoms with E-state index in [-0.39, 0.29) is 5.54 Å². The minimum atomic E-state index is 0.242. The molecular formula is C12H28N2. The molecule has 86 valence electrons. The van der Waals surface area contributed by atoms with Gasteiger partial charge in [-0.2, -0.15) is 0 Å². The summed E-state index contributed by atoms with van der Waals surface area (Å²) in [5.41, 5.74) is 0.691. The van der Waals surface area contributed by atoms with Crippen molar-refractivity contribution in [1.29, 1.82) is 0 Å². The van der Waals surface area contributed by atoms with Crippen LogP contribution >= 0.6 is 0 Å². The van der Waals surface area contributed by atoms with Crippen LogP contribution in [-0.2, 0) is 0 Å². The highest BCUT2D eigenvalue weighted by atomic mass is 15.0. The summed E-state index contributed by atoms with van der Waals surface area (Å²) >= 11 is 0. The SMILES string of the molecule is CC(C)(C)CCNCCNC(C)(C)C. The second-order valence-electron chi connectivity index (χ2n) is 6.24. The summed E-state index contributed by atoms with van der Waals surface area (Å²) in [6.07, 6.45) is 1.24. The molecule has 0 fully saturated rings. The van der Waals surface area contributed by atoms with Gasteiger partial charge in [-0.15, -0.1) is 0 Å². The van der Waals surface area contributed by atoms with Crippen LogP contribution in [0.1, 0.15) is 48.0 Å². The minimum absolute atomic E-state index is 0.242. The molecule has 0 aromatic carbocycles. The van der Waals surface area contributed by atoms with Crippen LogP contribution in [0.5, 0.6) is 0 Å². The predicted octanol–water partition coefficient (Wildman–Crippen LogP) is 2.40. The van der Waals surface area contributed by atoms with Crippen molar-refractivity contribution in [2.24, 2.45) is 5.41 Å². The normalized spacial score (nSPS) is 13.3. The fraction of sp³-hybridized carbons (Fsp3) is 1.00. The molecule has 0 radical (unpaired) electrons. The van der Waals surface area contributed by atoms with Gasteiger partial charge in [-0.25, -0.2) is 0 Å². The number of hydrogen-bond donors (Lipinski definition) is 2. The van der Waals surface area contributed by atoms with Crippen LogP contribution in [0.2, 0.25) is 0 Å². The van der Waals surface area contributed by atoms with E-state index in [9.17, 15) is 0 Å². The van der Waals surface area contributed by atoms with E-state index in [0.29, 0.717) is 5.41 Å². The first-order valence-electron chi connectivity index (χ1n) is 5.66. The molecule has 2 nitrogen and oxygen atoms in total. The van der Waals surface area contributed by atoms with Gasteiger partial charge in [0.2, 0.25) is 0 Å². The first-order chi connectivity index (χ1) is 6.21. The molecule has 0 unspecified atom stereocenters. The smallest absolute Gasteiger partial charge is 0.00970 e. The molecule has 14 heavy (non-hydrogen) atoms. The van der Waals surface area contributed by atoms with Crippen molar-refractivity contribution in [3.63, 3.8) is 0 Å². The Hall–Kier alpha value is -0.0800. The maximum atomic E-state index is 3.46. The van der Waals surface area contributed by atoms with E-state index in [1.165, 1.54) is 6.42 Å².